The zero-order valence-corrected chi connectivity index (χ0v) is 29.2. The minimum Gasteiger partial charge on any atom is -0.456 e. The van der Waals surface area contributed by atoms with E-state index in [-0.39, 0.29) is 0 Å². The van der Waals surface area contributed by atoms with Gasteiger partial charge in [0.2, 0.25) is 0 Å². The van der Waals surface area contributed by atoms with Crippen molar-refractivity contribution in [2.24, 2.45) is 0 Å². The van der Waals surface area contributed by atoms with Crippen LogP contribution in [0.15, 0.2) is 199 Å². The molecule has 0 fully saturated rings. The van der Waals surface area contributed by atoms with Gasteiger partial charge >= 0.3 is 0 Å². The second-order valence-corrected chi connectivity index (χ2v) is 13.3. The Bertz CT molecular complexity index is 2880. The molecule has 10 rings (SSSR count). The predicted molar refractivity (Wildman–Crippen MR) is 221 cm³/mol. The van der Waals surface area contributed by atoms with Crippen LogP contribution in [0.25, 0.3) is 78.0 Å². The molecule has 2 aromatic heterocycles. The Labute approximate surface area is 312 Å². The number of nitrogens with zero attached hydrogens (tertiary/aromatic N) is 4. The van der Waals surface area contributed by atoms with Crippen molar-refractivity contribution in [3.05, 3.63) is 194 Å². The Kier molecular flexibility index (Phi) is 7.73. The first-order valence-corrected chi connectivity index (χ1v) is 18.0. The molecule has 5 heteroatoms. The van der Waals surface area contributed by atoms with E-state index in [2.05, 4.69) is 144 Å². The van der Waals surface area contributed by atoms with Crippen molar-refractivity contribution in [1.82, 2.24) is 15.0 Å². The molecule has 10 aromatic rings. The minimum absolute atomic E-state index is 0.598. The van der Waals surface area contributed by atoms with Crippen LogP contribution in [-0.2, 0) is 0 Å². The van der Waals surface area contributed by atoms with E-state index in [1.54, 1.807) is 0 Å². The molecule has 8 aromatic carbocycles. The quantitative estimate of drug-likeness (QED) is 0.166. The molecule has 0 N–H and O–H groups in total. The molecule has 0 radical (unpaired) electrons. The average molecular weight is 693 g/mol. The molecule has 254 valence electrons. The van der Waals surface area contributed by atoms with Gasteiger partial charge in [-0.15, -0.1) is 0 Å². The summed E-state index contributed by atoms with van der Waals surface area (Å²) >= 11 is 0. The summed E-state index contributed by atoms with van der Waals surface area (Å²) in [5.74, 6) is 1.84. The maximum Gasteiger partial charge on any atom is 0.164 e. The van der Waals surface area contributed by atoms with Crippen molar-refractivity contribution < 1.29 is 4.42 Å². The fraction of sp³-hybridized carbons (Fsp3) is 0. The number of anilines is 3. The van der Waals surface area contributed by atoms with Crippen LogP contribution in [-0.4, -0.2) is 15.0 Å². The van der Waals surface area contributed by atoms with Crippen LogP contribution in [0.2, 0.25) is 0 Å². The lowest BCUT2D eigenvalue weighted by molar-refractivity contribution is 0.669. The predicted octanol–water partition coefficient (Wildman–Crippen LogP) is 13.1. The maximum atomic E-state index is 6.55. The summed E-state index contributed by atoms with van der Waals surface area (Å²) in [5, 5.41) is 4.29. The van der Waals surface area contributed by atoms with Gasteiger partial charge in [0.05, 0.1) is 0 Å². The van der Waals surface area contributed by atoms with E-state index in [0.29, 0.717) is 17.5 Å². The van der Waals surface area contributed by atoms with E-state index in [1.165, 1.54) is 5.39 Å². The van der Waals surface area contributed by atoms with Crippen molar-refractivity contribution >= 4 is 49.8 Å². The molecule has 0 bridgehead atoms. The first kappa shape index (κ1) is 31.4. The van der Waals surface area contributed by atoms with Crippen LogP contribution in [0.1, 0.15) is 0 Å². The van der Waals surface area contributed by atoms with Crippen LogP contribution in [0.5, 0.6) is 0 Å². The summed E-state index contributed by atoms with van der Waals surface area (Å²) in [7, 11) is 0. The SMILES string of the molecule is c1ccc(-c2nc(-c3ccc4ccccc4c3)nc(-c3cccc4oc5cc(-c6ccc(N(c7ccccc7)c7ccccc7)cc6)ccc5c34)n2)cc1. The topological polar surface area (TPSA) is 55.1 Å². The molecule has 0 saturated carbocycles. The highest BCUT2D eigenvalue weighted by atomic mass is 16.3. The fourth-order valence-electron chi connectivity index (χ4n) is 7.27. The van der Waals surface area contributed by atoms with E-state index < -0.39 is 0 Å². The highest BCUT2D eigenvalue weighted by Gasteiger charge is 2.19. The standard InChI is InChI=1S/C49H32N4O/c1-4-14-35(15-5-1)47-50-48(38-24-23-33-13-10-11-16-36(33)31-38)52-49(51-47)43-21-12-22-44-46(43)42-30-27-37(32-45(42)54-44)34-25-28-41(29-26-34)53(39-17-6-2-7-18-39)40-19-8-3-9-20-40/h1-32H. The van der Waals surface area contributed by atoms with Gasteiger partial charge in [-0.1, -0.05) is 133 Å². The molecule has 54 heavy (non-hydrogen) atoms. The smallest absolute Gasteiger partial charge is 0.164 e. The highest BCUT2D eigenvalue weighted by Crippen LogP contribution is 2.40. The van der Waals surface area contributed by atoms with Crippen molar-refractivity contribution in [2.75, 3.05) is 4.90 Å². The summed E-state index contributed by atoms with van der Waals surface area (Å²) in [4.78, 5) is 17.4. The van der Waals surface area contributed by atoms with Gasteiger partial charge < -0.3 is 9.32 Å². The zero-order valence-electron chi connectivity index (χ0n) is 29.2. The molecule has 5 nitrogen and oxygen atoms in total. The van der Waals surface area contributed by atoms with Gasteiger partial charge in [0, 0.05) is 44.5 Å². The summed E-state index contributed by atoms with van der Waals surface area (Å²) in [6.45, 7) is 0. The van der Waals surface area contributed by atoms with Crippen molar-refractivity contribution in [2.45, 2.75) is 0 Å². The molecule has 2 heterocycles. The molecule has 0 atom stereocenters. The van der Waals surface area contributed by atoms with Gasteiger partial charge in [0.15, 0.2) is 17.5 Å². The molecular formula is C49H32N4O. The van der Waals surface area contributed by atoms with Crippen LogP contribution in [0.4, 0.5) is 17.1 Å². The number of benzene rings is 8. The highest BCUT2D eigenvalue weighted by molar-refractivity contribution is 6.12. The number of para-hydroxylation sites is 2. The van der Waals surface area contributed by atoms with Gasteiger partial charge in [0.25, 0.3) is 0 Å². The maximum absolute atomic E-state index is 6.55. The zero-order chi connectivity index (χ0) is 35.8. The summed E-state index contributed by atoms with van der Waals surface area (Å²) < 4.78 is 6.55. The van der Waals surface area contributed by atoms with E-state index >= 15 is 0 Å². The molecule has 0 saturated heterocycles. The van der Waals surface area contributed by atoms with Crippen LogP contribution >= 0.6 is 0 Å². The number of aromatic nitrogens is 3. The third kappa shape index (κ3) is 5.74. The molecule has 0 aliphatic heterocycles. The Morgan fingerprint density at radius 2 is 0.926 bits per heavy atom. The molecule has 0 amide bonds. The van der Waals surface area contributed by atoms with Gasteiger partial charge in [-0.2, -0.15) is 0 Å². The van der Waals surface area contributed by atoms with E-state index in [1.807, 2.05) is 54.6 Å². The monoisotopic (exact) mass is 692 g/mol. The summed E-state index contributed by atoms with van der Waals surface area (Å²) in [6, 6.07) is 66.9. The summed E-state index contributed by atoms with van der Waals surface area (Å²) in [5.41, 5.74) is 9.82. The van der Waals surface area contributed by atoms with Crippen LogP contribution in [0, 0.1) is 0 Å². The minimum atomic E-state index is 0.598. The molecule has 0 spiro atoms. The summed E-state index contributed by atoms with van der Waals surface area (Å²) in [6.07, 6.45) is 0. The van der Waals surface area contributed by atoms with E-state index in [9.17, 15) is 0 Å². The van der Waals surface area contributed by atoms with E-state index in [0.717, 1.165) is 72.2 Å². The molecular weight excluding hydrogens is 661 g/mol. The van der Waals surface area contributed by atoms with Crippen LogP contribution in [0.3, 0.4) is 0 Å². The second kappa shape index (κ2) is 13.3. The van der Waals surface area contributed by atoms with E-state index in [4.69, 9.17) is 19.4 Å². The number of hydrogen-bond donors (Lipinski definition) is 0. The van der Waals surface area contributed by atoms with Crippen molar-refractivity contribution in [3.8, 4) is 45.3 Å². The second-order valence-electron chi connectivity index (χ2n) is 13.3. The Hall–Kier alpha value is -7.37. The number of rotatable bonds is 7. The van der Waals surface area contributed by atoms with Gasteiger partial charge in [-0.3, -0.25) is 0 Å². The lowest BCUT2D eigenvalue weighted by Gasteiger charge is -2.25. The first-order valence-electron chi connectivity index (χ1n) is 18.0. The number of furan rings is 1. The van der Waals surface area contributed by atoms with Gasteiger partial charge in [0.1, 0.15) is 11.2 Å². The number of hydrogen-bond acceptors (Lipinski definition) is 5. The molecule has 0 unspecified atom stereocenters. The van der Waals surface area contributed by atoms with Crippen LogP contribution < -0.4 is 4.90 Å². The average Bonchev–Trinajstić information content (AvgIpc) is 3.63. The van der Waals surface area contributed by atoms with Gasteiger partial charge in [-0.05, 0) is 82.6 Å². The Morgan fingerprint density at radius 1 is 0.352 bits per heavy atom. The largest absolute Gasteiger partial charge is 0.456 e. The first-order chi connectivity index (χ1) is 26.7. The Balaban J connectivity index is 1.06. The third-order valence-electron chi connectivity index (χ3n) is 9.90. The van der Waals surface area contributed by atoms with Crippen molar-refractivity contribution in [3.63, 3.8) is 0 Å². The normalized spacial score (nSPS) is 11.3. The molecule has 0 aliphatic rings. The Morgan fingerprint density at radius 3 is 1.65 bits per heavy atom. The van der Waals surface area contributed by atoms with Crippen molar-refractivity contribution in [1.29, 1.82) is 0 Å². The lowest BCUT2D eigenvalue weighted by Crippen LogP contribution is -2.09. The van der Waals surface area contributed by atoms with Gasteiger partial charge in [-0.25, -0.2) is 15.0 Å². The molecule has 0 aliphatic carbocycles. The fourth-order valence-corrected chi connectivity index (χ4v) is 7.27. The lowest BCUT2D eigenvalue weighted by atomic mass is 10.0. The number of fused-ring (bicyclic) bond motifs is 4. The third-order valence-corrected chi connectivity index (χ3v) is 9.90.